The number of aliphatic carboxylic acids is 1. The Hall–Kier alpha value is -0.990. The first-order valence-corrected chi connectivity index (χ1v) is 14.3. The Morgan fingerprint density at radius 1 is 0.946 bits per heavy atom. The van der Waals surface area contributed by atoms with Crippen LogP contribution in [0.25, 0.3) is 0 Å². The van der Waals surface area contributed by atoms with Crippen molar-refractivity contribution in [2.24, 2.45) is 50.7 Å². The highest BCUT2D eigenvalue weighted by Crippen LogP contribution is 2.76. The fraction of sp³-hybridized carbons (Fsp3) is 0.900. The zero-order valence-electron chi connectivity index (χ0n) is 23.4. The van der Waals surface area contributed by atoms with E-state index in [1.54, 1.807) is 0 Å². The number of allylic oxidation sites excluding steroid dienone is 1. The lowest BCUT2D eigenvalue weighted by Crippen LogP contribution is -2.73. The van der Waals surface area contributed by atoms with Crippen LogP contribution < -0.4 is 0 Å². The summed E-state index contributed by atoms with van der Waals surface area (Å²) in [7, 11) is 0. The quantitative estimate of drug-likeness (QED) is 0.308. The Bertz CT molecular complexity index is 1010. The van der Waals surface area contributed by atoms with Crippen molar-refractivity contribution in [3.63, 3.8) is 0 Å². The first-order valence-electron chi connectivity index (χ1n) is 14.3. The Morgan fingerprint density at radius 2 is 1.59 bits per heavy atom. The van der Waals surface area contributed by atoms with E-state index in [0.717, 1.165) is 12.0 Å². The van der Waals surface area contributed by atoms with Gasteiger partial charge in [0, 0.05) is 16.7 Å². The van der Waals surface area contributed by atoms with Gasteiger partial charge >= 0.3 is 5.97 Å². The van der Waals surface area contributed by atoms with Crippen LogP contribution in [-0.4, -0.2) is 67.1 Å². The minimum Gasteiger partial charge on any atom is -0.481 e. The fourth-order valence-electron chi connectivity index (χ4n) is 10.9. The van der Waals surface area contributed by atoms with E-state index in [-0.39, 0.29) is 35.2 Å². The Labute approximate surface area is 221 Å². The zero-order chi connectivity index (χ0) is 27.6. The van der Waals surface area contributed by atoms with E-state index >= 15 is 0 Å². The second-order valence-electron chi connectivity index (χ2n) is 14.8. The molecule has 0 aromatic heterocycles. The molecule has 6 N–H and O–H groups in total. The minimum atomic E-state index is -1.36. The summed E-state index contributed by atoms with van der Waals surface area (Å²) >= 11 is 0. The van der Waals surface area contributed by atoms with Crippen LogP contribution >= 0.6 is 0 Å². The highest BCUT2D eigenvalue weighted by molar-refractivity contribution is 5.77. The molecule has 5 rings (SSSR count). The van der Waals surface area contributed by atoms with Gasteiger partial charge in [-0.15, -0.1) is 0 Å². The Morgan fingerprint density at radius 3 is 2.19 bits per heavy atom. The minimum absolute atomic E-state index is 0.0194. The monoisotopic (exact) mass is 520 g/mol. The molecular formula is C30H48O7. The summed E-state index contributed by atoms with van der Waals surface area (Å²) in [5.74, 6) is -1.54. The third-order valence-electron chi connectivity index (χ3n) is 13.8. The average molecular weight is 521 g/mol. The standard InChI is InChI=1S/C30H48O7/c1-16-9-12-30(24(35)36)14-13-26(3)17(21(30)29(16,6)37)7-8-19-27(26,4)11-10-18-25(2,15-31)22(33)20(32)23(34)28(18,19)5/h7,16,18-23,31-34,37H,8-15H2,1-6H3,(H,35,36)/t16-,18-,19+,20+,21+,22+,23+,25+,26-,27-,28+,29-,30+/m1/s1. The molecule has 5 aliphatic carbocycles. The molecule has 7 nitrogen and oxygen atoms in total. The van der Waals surface area contributed by atoms with Gasteiger partial charge in [0.15, 0.2) is 0 Å². The van der Waals surface area contributed by atoms with E-state index in [1.807, 2.05) is 27.7 Å². The number of aliphatic hydroxyl groups excluding tert-OH is 4. The number of carboxylic acids is 1. The maximum atomic E-state index is 12.9. The van der Waals surface area contributed by atoms with Gasteiger partial charge in [-0.2, -0.15) is 0 Å². The molecule has 0 radical (unpaired) electrons. The lowest BCUT2D eigenvalue weighted by atomic mass is 9.32. The van der Waals surface area contributed by atoms with E-state index in [4.69, 9.17) is 0 Å². The molecule has 0 aliphatic heterocycles. The molecule has 5 aliphatic rings. The Balaban J connectivity index is 1.67. The SMILES string of the molecule is C[C@@H]1CC[C@]2(C(=O)O)CC[C@]3(C)C(=CC[C@@H]4[C@]5(C)[C@H](CC[C@]43C)[C@](C)(CO)[C@@H](O)[C@H](O)[C@@H]5O)[C@H]2[C@]1(C)O. The van der Waals surface area contributed by atoms with Crippen LogP contribution in [0.5, 0.6) is 0 Å². The number of carboxylic acid groups (broad SMARTS) is 1. The van der Waals surface area contributed by atoms with Crippen molar-refractivity contribution in [1.82, 2.24) is 0 Å². The molecule has 0 aromatic carbocycles. The molecule has 13 atom stereocenters. The number of fused-ring (bicyclic) bond motifs is 7. The smallest absolute Gasteiger partial charge is 0.310 e. The second kappa shape index (κ2) is 8.03. The van der Waals surface area contributed by atoms with Crippen LogP contribution in [0.2, 0.25) is 0 Å². The number of rotatable bonds is 2. The topological polar surface area (TPSA) is 138 Å². The van der Waals surface area contributed by atoms with Crippen LogP contribution in [-0.2, 0) is 4.79 Å². The van der Waals surface area contributed by atoms with E-state index in [0.29, 0.717) is 38.5 Å². The molecule has 0 bridgehead atoms. The zero-order valence-corrected chi connectivity index (χ0v) is 23.4. The van der Waals surface area contributed by atoms with Gasteiger partial charge in [-0.05, 0) is 80.5 Å². The summed E-state index contributed by atoms with van der Waals surface area (Å²) in [5.41, 5.74) is -3.45. The first-order chi connectivity index (χ1) is 17.0. The summed E-state index contributed by atoms with van der Waals surface area (Å²) in [6, 6.07) is 0. The van der Waals surface area contributed by atoms with Crippen molar-refractivity contribution in [3.05, 3.63) is 11.6 Å². The summed E-state index contributed by atoms with van der Waals surface area (Å²) < 4.78 is 0. The maximum absolute atomic E-state index is 12.9. The number of hydrogen-bond donors (Lipinski definition) is 6. The van der Waals surface area contributed by atoms with Crippen molar-refractivity contribution in [3.8, 4) is 0 Å². The number of carbonyl (C=O) groups is 1. The predicted molar refractivity (Wildman–Crippen MR) is 138 cm³/mol. The molecule has 37 heavy (non-hydrogen) atoms. The molecule has 0 spiro atoms. The molecule has 4 saturated carbocycles. The van der Waals surface area contributed by atoms with Crippen molar-refractivity contribution < 1.29 is 35.4 Å². The summed E-state index contributed by atoms with van der Waals surface area (Å²) in [5, 5.41) is 66.4. The molecule has 4 fully saturated rings. The molecule has 0 amide bonds. The summed E-state index contributed by atoms with van der Waals surface area (Å²) in [4.78, 5) is 12.9. The van der Waals surface area contributed by atoms with Gasteiger partial charge in [0.2, 0.25) is 0 Å². The third-order valence-corrected chi connectivity index (χ3v) is 13.8. The molecular weight excluding hydrogens is 472 g/mol. The molecule has 7 heteroatoms. The lowest BCUT2D eigenvalue weighted by Gasteiger charge is -2.72. The lowest BCUT2D eigenvalue weighted by molar-refractivity contribution is -0.288. The maximum Gasteiger partial charge on any atom is 0.310 e. The normalized spacial score (nSPS) is 59.3. The van der Waals surface area contributed by atoms with Gasteiger partial charge in [0.25, 0.3) is 0 Å². The van der Waals surface area contributed by atoms with E-state index < -0.39 is 52.0 Å². The van der Waals surface area contributed by atoms with Gasteiger partial charge in [-0.3, -0.25) is 4.79 Å². The molecule has 210 valence electrons. The number of hydrogen-bond acceptors (Lipinski definition) is 6. The van der Waals surface area contributed by atoms with Gasteiger partial charge in [-0.1, -0.05) is 46.3 Å². The summed E-state index contributed by atoms with van der Waals surface area (Å²) in [6.07, 6.45) is 3.00. The van der Waals surface area contributed by atoms with Crippen molar-refractivity contribution in [2.45, 2.75) is 110 Å². The fourth-order valence-corrected chi connectivity index (χ4v) is 10.9. The van der Waals surface area contributed by atoms with Gasteiger partial charge < -0.3 is 30.6 Å². The van der Waals surface area contributed by atoms with E-state index in [1.165, 1.54) is 0 Å². The highest BCUT2D eigenvalue weighted by Gasteiger charge is 2.73. The Kier molecular flexibility index (Phi) is 5.98. The van der Waals surface area contributed by atoms with Crippen LogP contribution in [0.1, 0.15) is 86.5 Å². The van der Waals surface area contributed by atoms with Gasteiger partial charge in [0.1, 0.15) is 6.10 Å². The van der Waals surface area contributed by atoms with Gasteiger partial charge in [0.05, 0.1) is 29.8 Å². The second-order valence-corrected chi connectivity index (χ2v) is 14.8. The molecule has 0 aromatic rings. The third kappa shape index (κ3) is 2.99. The van der Waals surface area contributed by atoms with E-state index in [2.05, 4.69) is 19.9 Å². The van der Waals surface area contributed by atoms with E-state index in [9.17, 15) is 35.4 Å². The number of aliphatic hydroxyl groups is 5. The van der Waals surface area contributed by atoms with Crippen LogP contribution in [0, 0.1) is 50.7 Å². The first kappa shape index (κ1) is 27.6. The van der Waals surface area contributed by atoms with Crippen LogP contribution in [0.4, 0.5) is 0 Å². The van der Waals surface area contributed by atoms with Crippen molar-refractivity contribution >= 4 is 5.97 Å². The summed E-state index contributed by atoms with van der Waals surface area (Å²) in [6.45, 7) is 11.9. The molecule has 0 heterocycles. The van der Waals surface area contributed by atoms with Crippen molar-refractivity contribution in [2.75, 3.05) is 6.61 Å². The van der Waals surface area contributed by atoms with Crippen LogP contribution in [0.3, 0.4) is 0 Å². The van der Waals surface area contributed by atoms with Crippen LogP contribution in [0.15, 0.2) is 11.6 Å². The largest absolute Gasteiger partial charge is 0.481 e. The molecule has 0 saturated heterocycles. The molecule has 0 unspecified atom stereocenters. The predicted octanol–water partition coefficient (Wildman–Crippen LogP) is 3.12. The van der Waals surface area contributed by atoms with Crippen molar-refractivity contribution in [1.29, 1.82) is 0 Å². The highest BCUT2D eigenvalue weighted by atomic mass is 16.4. The van der Waals surface area contributed by atoms with Gasteiger partial charge in [-0.25, -0.2) is 0 Å². The average Bonchev–Trinajstić information content (AvgIpc) is 2.84.